The van der Waals surface area contributed by atoms with Gasteiger partial charge in [-0.25, -0.2) is 4.98 Å². The minimum atomic E-state index is -0.0604. The molecule has 16 heavy (non-hydrogen) atoms. The van der Waals surface area contributed by atoms with Crippen LogP contribution >= 0.6 is 11.6 Å². The third-order valence-electron chi connectivity index (χ3n) is 2.49. The lowest BCUT2D eigenvalue weighted by Gasteiger charge is -2.13. The number of fused-ring (bicyclic) bond motifs is 1. The largest absolute Gasteiger partial charge is 0.290 e. The van der Waals surface area contributed by atoms with Crippen LogP contribution in [0.1, 0.15) is 25.5 Å². The molecule has 0 saturated heterocycles. The van der Waals surface area contributed by atoms with Gasteiger partial charge in [0.15, 0.2) is 0 Å². The van der Waals surface area contributed by atoms with E-state index in [1.165, 1.54) is 0 Å². The molecule has 5 heteroatoms. The fourth-order valence-corrected chi connectivity index (χ4v) is 1.88. The summed E-state index contributed by atoms with van der Waals surface area (Å²) in [6.45, 7) is 5.74. The summed E-state index contributed by atoms with van der Waals surface area (Å²) >= 11 is 5.76. The van der Waals surface area contributed by atoms with E-state index >= 15 is 0 Å². The van der Waals surface area contributed by atoms with E-state index in [-0.39, 0.29) is 16.9 Å². The van der Waals surface area contributed by atoms with E-state index in [1.54, 1.807) is 16.8 Å². The summed E-state index contributed by atoms with van der Waals surface area (Å²) in [5.74, 6) is 0. The molecule has 2 heterocycles. The van der Waals surface area contributed by atoms with Gasteiger partial charge in [-0.15, -0.1) is 0 Å². The maximum absolute atomic E-state index is 11.9. The Bertz CT molecular complexity index is 604. The zero-order chi connectivity index (χ0) is 11.9. The number of hydrogen-bond donors (Lipinski definition) is 0. The van der Waals surface area contributed by atoms with E-state index in [0.29, 0.717) is 5.65 Å². The summed E-state index contributed by atoms with van der Waals surface area (Å²) < 4.78 is 1.62. The third-order valence-corrected chi connectivity index (χ3v) is 2.67. The molecule has 2 aromatic rings. The van der Waals surface area contributed by atoms with Crippen LogP contribution in [0.25, 0.3) is 11.0 Å². The Morgan fingerprint density at radius 3 is 2.75 bits per heavy atom. The molecule has 0 spiro atoms. The van der Waals surface area contributed by atoms with Gasteiger partial charge in [-0.05, 0) is 37.9 Å². The number of rotatable bonds is 1. The summed E-state index contributed by atoms with van der Waals surface area (Å²) in [6.07, 6.45) is 1.65. The highest BCUT2D eigenvalue weighted by atomic mass is 35.5. The van der Waals surface area contributed by atoms with Crippen molar-refractivity contribution >= 4 is 22.6 Å². The van der Waals surface area contributed by atoms with Crippen molar-refractivity contribution in [1.82, 2.24) is 14.5 Å². The monoisotopic (exact) mass is 237 g/mol. The van der Waals surface area contributed by atoms with Crippen molar-refractivity contribution in [3.63, 3.8) is 0 Å². The molecule has 0 aliphatic carbocycles. The molecule has 84 valence electrons. The topological polar surface area (TPSA) is 47.8 Å². The highest BCUT2D eigenvalue weighted by molar-refractivity contribution is 6.28. The van der Waals surface area contributed by atoms with Gasteiger partial charge in [0.05, 0.1) is 0 Å². The molecule has 2 aromatic heterocycles. The van der Waals surface area contributed by atoms with E-state index in [1.807, 2.05) is 20.8 Å². The Morgan fingerprint density at radius 1 is 1.44 bits per heavy atom. The fourth-order valence-electron chi connectivity index (χ4n) is 1.75. The molecule has 0 bridgehead atoms. The SMILES string of the molecule is Cc1cc(=O)n(C(C)C)c2nc(Cl)ncc12. The molecule has 0 N–H and O–H groups in total. The maximum atomic E-state index is 11.9. The van der Waals surface area contributed by atoms with Gasteiger partial charge in [-0.3, -0.25) is 9.36 Å². The van der Waals surface area contributed by atoms with E-state index in [0.717, 1.165) is 10.9 Å². The van der Waals surface area contributed by atoms with Crippen molar-refractivity contribution in [2.45, 2.75) is 26.8 Å². The summed E-state index contributed by atoms with van der Waals surface area (Å²) in [4.78, 5) is 19.9. The van der Waals surface area contributed by atoms with Crippen LogP contribution in [0.2, 0.25) is 5.28 Å². The lowest BCUT2D eigenvalue weighted by molar-refractivity contribution is 0.594. The second-order valence-corrected chi connectivity index (χ2v) is 4.34. The van der Waals surface area contributed by atoms with Crippen LogP contribution < -0.4 is 5.56 Å². The fraction of sp³-hybridized carbons (Fsp3) is 0.364. The summed E-state index contributed by atoms with van der Waals surface area (Å²) in [5, 5.41) is 1.02. The van der Waals surface area contributed by atoms with Gasteiger partial charge in [0.2, 0.25) is 5.28 Å². The van der Waals surface area contributed by atoms with Gasteiger partial charge < -0.3 is 0 Å². The molecular formula is C11H12ClN3O. The van der Waals surface area contributed by atoms with Gasteiger partial charge in [0, 0.05) is 23.7 Å². The lowest BCUT2D eigenvalue weighted by Crippen LogP contribution is -2.23. The Kier molecular flexibility index (Phi) is 2.68. The first-order valence-corrected chi connectivity index (χ1v) is 5.43. The zero-order valence-electron chi connectivity index (χ0n) is 9.36. The predicted octanol–water partition coefficient (Wildman–Crippen LogP) is 2.33. The van der Waals surface area contributed by atoms with Crippen LogP contribution in [0.5, 0.6) is 0 Å². The van der Waals surface area contributed by atoms with Crippen molar-refractivity contribution in [2.75, 3.05) is 0 Å². The standard InChI is InChI=1S/C11H12ClN3O/c1-6(2)15-9(16)4-7(3)8-5-13-11(12)14-10(8)15/h4-6H,1-3H3. The molecule has 0 aliphatic rings. The van der Waals surface area contributed by atoms with Gasteiger partial charge in [-0.1, -0.05) is 0 Å². The van der Waals surface area contributed by atoms with E-state index in [4.69, 9.17) is 11.6 Å². The number of nitrogens with zero attached hydrogens (tertiary/aromatic N) is 3. The summed E-state index contributed by atoms with van der Waals surface area (Å²) in [5.41, 5.74) is 1.41. The first-order chi connectivity index (χ1) is 7.50. The average molecular weight is 238 g/mol. The Hall–Kier alpha value is -1.42. The van der Waals surface area contributed by atoms with Gasteiger partial charge in [0.25, 0.3) is 5.56 Å². The molecule has 0 aromatic carbocycles. The number of aromatic nitrogens is 3. The first kappa shape index (κ1) is 11.1. The Morgan fingerprint density at radius 2 is 2.12 bits per heavy atom. The maximum Gasteiger partial charge on any atom is 0.252 e. The molecule has 0 unspecified atom stereocenters. The second kappa shape index (κ2) is 3.87. The van der Waals surface area contributed by atoms with Crippen LogP contribution in [-0.2, 0) is 0 Å². The summed E-state index contributed by atoms with van der Waals surface area (Å²) in [7, 11) is 0. The lowest BCUT2D eigenvalue weighted by atomic mass is 10.2. The number of pyridine rings is 1. The zero-order valence-corrected chi connectivity index (χ0v) is 10.1. The minimum Gasteiger partial charge on any atom is -0.290 e. The Labute approximate surface area is 97.9 Å². The summed E-state index contributed by atoms with van der Waals surface area (Å²) in [6, 6.07) is 1.64. The van der Waals surface area contributed by atoms with Gasteiger partial charge in [0.1, 0.15) is 5.65 Å². The third kappa shape index (κ3) is 1.69. The number of hydrogen-bond acceptors (Lipinski definition) is 3. The highest BCUT2D eigenvalue weighted by Crippen LogP contribution is 2.17. The van der Waals surface area contributed by atoms with Crippen molar-refractivity contribution in [3.05, 3.63) is 33.5 Å². The van der Waals surface area contributed by atoms with Crippen LogP contribution in [0.3, 0.4) is 0 Å². The number of halogens is 1. The van der Waals surface area contributed by atoms with E-state index in [9.17, 15) is 4.79 Å². The Balaban J connectivity index is 2.98. The molecule has 0 amide bonds. The molecular weight excluding hydrogens is 226 g/mol. The predicted molar refractivity (Wildman–Crippen MR) is 63.9 cm³/mol. The molecule has 0 atom stereocenters. The van der Waals surface area contributed by atoms with Crippen molar-refractivity contribution in [2.24, 2.45) is 0 Å². The molecule has 0 radical (unpaired) electrons. The number of aryl methyl sites for hydroxylation is 1. The average Bonchev–Trinajstić information content (AvgIpc) is 2.15. The normalized spacial score (nSPS) is 11.3. The molecule has 0 aliphatic heterocycles. The highest BCUT2D eigenvalue weighted by Gasteiger charge is 2.11. The molecule has 0 saturated carbocycles. The van der Waals surface area contributed by atoms with Crippen molar-refractivity contribution < 1.29 is 0 Å². The van der Waals surface area contributed by atoms with Crippen LogP contribution in [0.4, 0.5) is 0 Å². The second-order valence-electron chi connectivity index (χ2n) is 4.01. The molecule has 4 nitrogen and oxygen atoms in total. The smallest absolute Gasteiger partial charge is 0.252 e. The van der Waals surface area contributed by atoms with E-state index in [2.05, 4.69) is 9.97 Å². The van der Waals surface area contributed by atoms with E-state index < -0.39 is 0 Å². The minimum absolute atomic E-state index is 0.0431. The van der Waals surface area contributed by atoms with Crippen molar-refractivity contribution in [1.29, 1.82) is 0 Å². The first-order valence-electron chi connectivity index (χ1n) is 5.05. The molecule has 2 rings (SSSR count). The quantitative estimate of drug-likeness (QED) is 0.716. The van der Waals surface area contributed by atoms with Crippen LogP contribution in [0.15, 0.2) is 17.1 Å². The van der Waals surface area contributed by atoms with Gasteiger partial charge in [-0.2, -0.15) is 4.98 Å². The van der Waals surface area contributed by atoms with Crippen LogP contribution in [-0.4, -0.2) is 14.5 Å². The molecule has 0 fully saturated rings. The van der Waals surface area contributed by atoms with Crippen LogP contribution in [0, 0.1) is 6.92 Å². The van der Waals surface area contributed by atoms with Gasteiger partial charge >= 0.3 is 0 Å². The van der Waals surface area contributed by atoms with Crippen molar-refractivity contribution in [3.8, 4) is 0 Å².